The Balaban J connectivity index is 1.25. The van der Waals surface area contributed by atoms with Crippen molar-refractivity contribution in [3.63, 3.8) is 0 Å². The highest BCUT2D eigenvalue weighted by Crippen LogP contribution is 2.37. The molecule has 1 N–H and O–H groups in total. The molecular formula is C31H35F2N7O3. The van der Waals surface area contributed by atoms with Gasteiger partial charge in [0.1, 0.15) is 23.8 Å². The minimum absolute atomic E-state index is 0.132. The summed E-state index contributed by atoms with van der Waals surface area (Å²) < 4.78 is 36.0. The molecule has 0 spiro atoms. The van der Waals surface area contributed by atoms with Gasteiger partial charge in [-0.3, -0.25) is 4.90 Å². The molecule has 0 saturated carbocycles. The van der Waals surface area contributed by atoms with Crippen LogP contribution in [0.4, 0.5) is 25.1 Å². The topological polar surface area (TPSA) is 112 Å². The van der Waals surface area contributed by atoms with Gasteiger partial charge in [0, 0.05) is 49.0 Å². The van der Waals surface area contributed by atoms with Crippen molar-refractivity contribution in [2.24, 2.45) is 0 Å². The summed E-state index contributed by atoms with van der Waals surface area (Å²) in [7, 11) is 0. The van der Waals surface area contributed by atoms with Gasteiger partial charge in [0.25, 0.3) is 0 Å². The largest absolute Gasteiger partial charge is 0.389 e. The van der Waals surface area contributed by atoms with Gasteiger partial charge in [-0.15, -0.1) is 0 Å². The van der Waals surface area contributed by atoms with E-state index in [0.29, 0.717) is 59.9 Å². The Hall–Kier alpha value is -4.19. The number of benzene rings is 2. The van der Waals surface area contributed by atoms with Gasteiger partial charge in [0.2, 0.25) is 5.89 Å². The van der Waals surface area contributed by atoms with Crippen LogP contribution in [-0.2, 0) is 0 Å². The lowest BCUT2D eigenvalue weighted by molar-refractivity contribution is 0.0526. The first kappa shape index (κ1) is 28.9. The number of urea groups is 1. The van der Waals surface area contributed by atoms with Gasteiger partial charge in [-0.2, -0.15) is 4.98 Å². The summed E-state index contributed by atoms with van der Waals surface area (Å²) in [6, 6.07) is 6.89. The second-order valence-corrected chi connectivity index (χ2v) is 12.3. The molecule has 4 heterocycles. The normalized spacial score (nSPS) is 16.7. The molecule has 43 heavy (non-hydrogen) atoms. The summed E-state index contributed by atoms with van der Waals surface area (Å²) in [6.07, 6.45) is 3.03. The molecule has 12 heteroatoms. The van der Waals surface area contributed by atoms with Crippen molar-refractivity contribution >= 4 is 28.4 Å². The highest BCUT2D eigenvalue weighted by atomic mass is 19.1. The number of rotatable bonds is 7. The number of hydrogen-bond acceptors (Lipinski definition) is 8. The van der Waals surface area contributed by atoms with Crippen LogP contribution in [0.5, 0.6) is 0 Å². The van der Waals surface area contributed by atoms with Crippen LogP contribution < -0.4 is 9.80 Å². The fourth-order valence-corrected chi connectivity index (χ4v) is 5.90. The standard InChI is InChI=1S/C31H35F2N7O3/c1-18(2)29-36-27(37-43-29)19-7-9-38(10-8-19)28-23-15-21(32)14-22(26(23)34-17-35-28)20-5-6-25(24(33)13-20)40-12-11-39(30(40)41)16-31(3,4)42/h5-6,13-15,17-19,42H,7-12,16H2,1-4H3. The van der Waals surface area contributed by atoms with E-state index in [1.165, 1.54) is 40.4 Å². The molecule has 10 nitrogen and oxygen atoms in total. The molecule has 2 aliphatic heterocycles. The van der Waals surface area contributed by atoms with Crippen molar-refractivity contribution in [1.29, 1.82) is 0 Å². The Morgan fingerprint density at radius 2 is 1.84 bits per heavy atom. The molecule has 2 fully saturated rings. The molecule has 2 aromatic carbocycles. The van der Waals surface area contributed by atoms with Gasteiger partial charge in [-0.25, -0.2) is 23.5 Å². The third-order valence-electron chi connectivity index (χ3n) is 8.02. The van der Waals surface area contributed by atoms with E-state index in [9.17, 15) is 9.90 Å². The molecule has 4 aromatic rings. The number of halogens is 2. The van der Waals surface area contributed by atoms with Crippen LogP contribution in [0.15, 0.2) is 41.2 Å². The molecule has 6 rings (SSSR count). The zero-order chi connectivity index (χ0) is 30.5. The second-order valence-electron chi connectivity index (χ2n) is 12.3. The van der Waals surface area contributed by atoms with Crippen molar-refractivity contribution in [3.05, 3.63) is 60.0 Å². The van der Waals surface area contributed by atoms with Crippen LogP contribution in [0.2, 0.25) is 0 Å². The van der Waals surface area contributed by atoms with Crippen LogP contribution in [0, 0.1) is 11.6 Å². The first-order chi connectivity index (χ1) is 20.5. The SMILES string of the molecule is CC(C)c1nc(C2CCN(c3ncnc4c(-c5ccc(N6CCN(CC(C)(C)O)C6=O)c(F)c5)cc(F)cc34)CC2)no1. The molecule has 0 aliphatic carbocycles. The quantitative estimate of drug-likeness (QED) is 0.301. The molecular weight excluding hydrogens is 556 g/mol. The van der Waals surface area contributed by atoms with E-state index in [0.717, 1.165) is 18.7 Å². The van der Waals surface area contributed by atoms with Crippen molar-refractivity contribution in [2.75, 3.05) is 42.5 Å². The van der Waals surface area contributed by atoms with Crippen LogP contribution in [0.3, 0.4) is 0 Å². The van der Waals surface area contributed by atoms with Gasteiger partial charge in [-0.05, 0) is 56.5 Å². The van der Waals surface area contributed by atoms with Gasteiger partial charge in [-0.1, -0.05) is 25.1 Å². The minimum Gasteiger partial charge on any atom is -0.389 e. The summed E-state index contributed by atoms with van der Waals surface area (Å²) in [5.74, 6) is 1.21. The van der Waals surface area contributed by atoms with E-state index in [1.54, 1.807) is 19.9 Å². The Bertz CT molecular complexity index is 1660. The van der Waals surface area contributed by atoms with Gasteiger partial charge in [0.15, 0.2) is 5.82 Å². The second kappa shape index (κ2) is 11.1. The highest BCUT2D eigenvalue weighted by molar-refractivity contribution is 6.00. The maximum absolute atomic E-state index is 15.5. The summed E-state index contributed by atoms with van der Waals surface area (Å²) in [5, 5.41) is 14.8. The number of hydrogen-bond donors (Lipinski definition) is 1. The highest BCUT2D eigenvalue weighted by Gasteiger charge is 2.34. The first-order valence-electron chi connectivity index (χ1n) is 14.6. The number of piperidine rings is 1. The molecule has 2 amide bonds. The van der Waals surface area contributed by atoms with Gasteiger partial charge < -0.3 is 19.4 Å². The number of carbonyl (C=O) groups excluding carboxylic acids is 1. The maximum Gasteiger partial charge on any atom is 0.324 e. The molecule has 0 unspecified atom stereocenters. The average Bonchev–Trinajstić information content (AvgIpc) is 3.59. The van der Waals surface area contributed by atoms with Crippen LogP contribution in [0.25, 0.3) is 22.0 Å². The molecule has 226 valence electrons. The zero-order valence-electron chi connectivity index (χ0n) is 24.7. The number of nitrogens with zero attached hydrogens (tertiary/aromatic N) is 7. The first-order valence-corrected chi connectivity index (χ1v) is 14.6. The number of amides is 2. The molecule has 0 bridgehead atoms. The van der Waals surface area contributed by atoms with Crippen molar-refractivity contribution in [2.45, 2.75) is 58.0 Å². The van der Waals surface area contributed by atoms with Crippen LogP contribution in [-0.4, -0.2) is 74.5 Å². The molecule has 2 aromatic heterocycles. The lowest BCUT2D eigenvalue weighted by Crippen LogP contribution is -2.41. The Morgan fingerprint density at radius 3 is 2.51 bits per heavy atom. The summed E-state index contributed by atoms with van der Waals surface area (Å²) in [6.45, 7) is 9.44. The van der Waals surface area contributed by atoms with E-state index < -0.39 is 17.2 Å². The zero-order valence-corrected chi connectivity index (χ0v) is 24.7. The van der Waals surface area contributed by atoms with Crippen molar-refractivity contribution < 1.29 is 23.2 Å². The summed E-state index contributed by atoms with van der Waals surface area (Å²) >= 11 is 0. The predicted molar refractivity (Wildman–Crippen MR) is 158 cm³/mol. The number of aromatic nitrogens is 4. The lowest BCUT2D eigenvalue weighted by Gasteiger charge is -2.32. The van der Waals surface area contributed by atoms with Crippen LogP contribution in [0.1, 0.15) is 64.1 Å². The Kier molecular flexibility index (Phi) is 7.49. The third kappa shape index (κ3) is 5.75. The van der Waals surface area contributed by atoms with Crippen molar-refractivity contribution in [3.8, 4) is 11.1 Å². The number of aliphatic hydroxyl groups is 1. The van der Waals surface area contributed by atoms with E-state index in [4.69, 9.17) is 4.52 Å². The van der Waals surface area contributed by atoms with Crippen LogP contribution >= 0.6 is 0 Å². The monoisotopic (exact) mass is 591 g/mol. The summed E-state index contributed by atoms with van der Waals surface area (Å²) in [4.78, 5) is 31.4. The lowest BCUT2D eigenvalue weighted by atomic mass is 9.95. The number of fused-ring (bicyclic) bond motifs is 1. The smallest absolute Gasteiger partial charge is 0.324 e. The van der Waals surface area contributed by atoms with E-state index >= 15 is 8.78 Å². The Labute approximate surface area is 248 Å². The van der Waals surface area contributed by atoms with Gasteiger partial charge >= 0.3 is 6.03 Å². The maximum atomic E-state index is 15.5. The van der Waals surface area contributed by atoms with E-state index in [2.05, 4.69) is 25.0 Å². The molecule has 0 atom stereocenters. The fourth-order valence-electron chi connectivity index (χ4n) is 5.90. The molecule has 0 radical (unpaired) electrons. The number of β-amino-alcohol motifs (C(OH)–C–C–N with tert-alkyl or cyclic N) is 1. The predicted octanol–water partition coefficient (Wildman–Crippen LogP) is 5.48. The minimum atomic E-state index is -1.06. The fraction of sp³-hybridized carbons (Fsp3) is 0.452. The van der Waals surface area contributed by atoms with Gasteiger partial charge in [0.05, 0.1) is 23.3 Å². The molecule has 2 saturated heterocycles. The molecule has 2 aliphatic rings. The Morgan fingerprint density at radius 1 is 1.07 bits per heavy atom. The third-order valence-corrected chi connectivity index (χ3v) is 8.02. The van der Waals surface area contributed by atoms with E-state index in [1.807, 2.05) is 13.8 Å². The van der Waals surface area contributed by atoms with E-state index in [-0.39, 0.29) is 30.1 Å². The average molecular weight is 592 g/mol. The number of carbonyl (C=O) groups is 1. The summed E-state index contributed by atoms with van der Waals surface area (Å²) in [5.41, 5.74) is 0.451. The number of anilines is 2. The van der Waals surface area contributed by atoms with Crippen molar-refractivity contribution in [1.82, 2.24) is 25.0 Å².